The minimum absolute atomic E-state index is 0.000132. The number of likely N-dealkylation sites (tertiary alicyclic amines) is 2. The molecule has 0 aromatic heterocycles. The van der Waals surface area contributed by atoms with E-state index in [2.05, 4.69) is 16.8 Å². The second kappa shape index (κ2) is 11.2. The van der Waals surface area contributed by atoms with Crippen molar-refractivity contribution in [3.63, 3.8) is 0 Å². The van der Waals surface area contributed by atoms with Crippen LogP contribution in [0.3, 0.4) is 0 Å². The molecular formula is C33H39N5O3. The zero-order valence-corrected chi connectivity index (χ0v) is 24.0. The number of benzene rings is 3. The Morgan fingerprint density at radius 1 is 0.878 bits per heavy atom. The van der Waals surface area contributed by atoms with Crippen molar-refractivity contribution in [2.45, 2.75) is 37.3 Å². The molecule has 6 rings (SSSR count). The Balaban J connectivity index is 1.20. The van der Waals surface area contributed by atoms with Crippen molar-refractivity contribution >= 4 is 34.2 Å². The monoisotopic (exact) mass is 553 g/mol. The molecule has 41 heavy (non-hydrogen) atoms. The maximum absolute atomic E-state index is 14.2. The zero-order valence-electron chi connectivity index (χ0n) is 24.0. The molecule has 214 valence electrons. The highest BCUT2D eigenvalue weighted by molar-refractivity contribution is 6.07. The Labute approximate surface area is 242 Å². The second-order valence-electron chi connectivity index (χ2n) is 11.8. The van der Waals surface area contributed by atoms with E-state index < -0.39 is 5.54 Å². The van der Waals surface area contributed by atoms with E-state index in [0.717, 1.165) is 42.4 Å². The van der Waals surface area contributed by atoms with Crippen LogP contribution in [0.2, 0.25) is 0 Å². The SMILES string of the molecule is CN1CCC(N(C)C(=O)CN2CN(c3ccccc3)C3(CCN(C(=O)c4cccc5ccccc45)CC3)C2=O)CC1. The van der Waals surface area contributed by atoms with Gasteiger partial charge in [0.2, 0.25) is 5.91 Å². The highest BCUT2D eigenvalue weighted by Crippen LogP contribution is 2.40. The van der Waals surface area contributed by atoms with Crippen LogP contribution in [0, 0.1) is 0 Å². The number of fused-ring (bicyclic) bond motifs is 1. The lowest BCUT2D eigenvalue weighted by molar-refractivity contribution is -0.141. The van der Waals surface area contributed by atoms with Crippen LogP contribution in [0.15, 0.2) is 72.8 Å². The molecule has 3 amide bonds. The van der Waals surface area contributed by atoms with E-state index in [-0.39, 0.29) is 30.3 Å². The molecule has 0 radical (unpaired) electrons. The summed E-state index contributed by atoms with van der Waals surface area (Å²) in [5.74, 6) is -0.0228. The van der Waals surface area contributed by atoms with Crippen LogP contribution in [0.4, 0.5) is 5.69 Å². The summed E-state index contributed by atoms with van der Waals surface area (Å²) in [5, 5.41) is 1.99. The third kappa shape index (κ3) is 5.05. The largest absolute Gasteiger partial charge is 0.341 e. The van der Waals surface area contributed by atoms with Crippen LogP contribution in [0.1, 0.15) is 36.0 Å². The topological polar surface area (TPSA) is 67.4 Å². The molecule has 1 spiro atoms. The molecule has 0 N–H and O–H groups in total. The Morgan fingerprint density at radius 3 is 2.27 bits per heavy atom. The van der Waals surface area contributed by atoms with E-state index in [0.29, 0.717) is 38.2 Å². The first-order valence-corrected chi connectivity index (χ1v) is 14.7. The summed E-state index contributed by atoms with van der Waals surface area (Å²) in [6.07, 6.45) is 2.94. The Hall–Kier alpha value is -3.91. The zero-order chi connectivity index (χ0) is 28.6. The fourth-order valence-corrected chi connectivity index (χ4v) is 6.85. The highest BCUT2D eigenvalue weighted by Gasteiger charge is 2.54. The number of likely N-dealkylation sites (N-methyl/N-ethyl adjacent to an activating group) is 1. The number of carbonyl (C=O) groups excluding carboxylic acids is 3. The van der Waals surface area contributed by atoms with E-state index in [1.165, 1.54) is 0 Å². The molecular weight excluding hydrogens is 514 g/mol. The predicted molar refractivity (Wildman–Crippen MR) is 161 cm³/mol. The summed E-state index contributed by atoms with van der Waals surface area (Å²) in [7, 11) is 3.99. The van der Waals surface area contributed by atoms with Gasteiger partial charge >= 0.3 is 0 Å². The van der Waals surface area contributed by atoms with E-state index in [4.69, 9.17) is 0 Å². The molecule has 3 saturated heterocycles. The number of rotatable bonds is 5. The first-order valence-electron chi connectivity index (χ1n) is 14.7. The van der Waals surface area contributed by atoms with E-state index >= 15 is 0 Å². The molecule has 0 atom stereocenters. The van der Waals surface area contributed by atoms with Gasteiger partial charge in [0, 0.05) is 37.4 Å². The highest BCUT2D eigenvalue weighted by atomic mass is 16.2. The molecule has 0 saturated carbocycles. The summed E-state index contributed by atoms with van der Waals surface area (Å²) in [6.45, 7) is 3.36. The minimum Gasteiger partial charge on any atom is -0.341 e. The average Bonchev–Trinajstić information content (AvgIpc) is 3.27. The van der Waals surface area contributed by atoms with Crippen molar-refractivity contribution in [3.8, 4) is 0 Å². The maximum atomic E-state index is 14.2. The maximum Gasteiger partial charge on any atom is 0.254 e. The molecule has 0 unspecified atom stereocenters. The summed E-state index contributed by atoms with van der Waals surface area (Å²) in [6, 6.07) is 24.0. The van der Waals surface area contributed by atoms with Crippen LogP contribution in [-0.2, 0) is 9.59 Å². The number of piperidine rings is 2. The van der Waals surface area contributed by atoms with Gasteiger partial charge in [0.25, 0.3) is 11.8 Å². The number of nitrogens with zero attached hydrogens (tertiary/aromatic N) is 5. The molecule has 3 aromatic rings. The predicted octanol–water partition coefficient (Wildman–Crippen LogP) is 3.67. The van der Waals surface area contributed by atoms with Crippen molar-refractivity contribution in [2.75, 3.05) is 58.4 Å². The number of para-hydroxylation sites is 1. The quantitative estimate of drug-likeness (QED) is 0.483. The summed E-state index contributed by atoms with van der Waals surface area (Å²) in [5.41, 5.74) is 0.887. The van der Waals surface area contributed by atoms with Crippen LogP contribution in [0.25, 0.3) is 10.8 Å². The van der Waals surface area contributed by atoms with Crippen molar-refractivity contribution in [1.29, 1.82) is 0 Å². The number of hydrogen-bond acceptors (Lipinski definition) is 5. The fourth-order valence-electron chi connectivity index (χ4n) is 6.85. The molecule has 3 aromatic carbocycles. The lowest BCUT2D eigenvalue weighted by Crippen LogP contribution is -2.57. The van der Waals surface area contributed by atoms with Gasteiger partial charge in [0.1, 0.15) is 12.1 Å². The molecule has 0 bridgehead atoms. The third-order valence-electron chi connectivity index (χ3n) is 9.44. The van der Waals surface area contributed by atoms with Crippen molar-refractivity contribution in [3.05, 3.63) is 78.4 Å². The van der Waals surface area contributed by atoms with E-state index in [1.54, 1.807) is 4.90 Å². The molecule has 3 aliphatic rings. The van der Waals surface area contributed by atoms with Gasteiger partial charge in [-0.25, -0.2) is 0 Å². The summed E-state index contributed by atoms with van der Waals surface area (Å²) >= 11 is 0. The van der Waals surface area contributed by atoms with Gasteiger partial charge in [-0.2, -0.15) is 0 Å². The third-order valence-corrected chi connectivity index (χ3v) is 9.44. The van der Waals surface area contributed by atoms with Gasteiger partial charge in [-0.15, -0.1) is 0 Å². The Morgan fingerprint density at radius 2 is 1.54 bits per heavy atom. The van der Waals surface area contributed by atoms with Crippen LogP contribution in [-0.4, -0.2) is 102 Å². The smallest absolute Gasteiger partial charge is 0.254 e. The van der Waals surface area contributed by atoms with Gasteiger partial charge in [0.05, 0.1) is 6.67 Å². The lowest BCUT2D eigenvalue weighted by Gasteiger charge is -2.43. The first-order chi connectivity index (χ1) is 19.9. The second-order valence-corrected chi connectivity index (χ2v) is 11.8. The van der Waals surface area contributed by atoms with E-state index in [1.807, 2.05) is 89.6 Å². The molecule has 8 heteroatoms. The van der Waals surface area contributed by atoms with Crippen molar-refractivity contribution < 1.29 is 14.4 Å². The Kier molecular flexibility index (Phi) is 7.43. The van der Waals surface area contributed by atoms with Crippen molar-refractivity contribution in [1.82, 2.24) is 19.6 Å². The van der Waals surface area contributed by atoms with Crippen molar-refractivity contribution in [2.24, 2.45) is 0 Å². The average molecular weight is 554 g/mol. The van der Waals surface area contributed by atoms with Crippen LogP contribution >= 0.6 is 0 Å². The standard InChI is InChI=1S/C33H39N5O3/c1-34-19-15-26(16-20-34)35(2)30(39)23-37-24-38(27-11-4-3-5-12-27)33(32(37)41)17-21-36(22-18-33)31(40)29-14-8-10-25-9-6-7-13-28(25)29/h3-14,26H,15-24H2,1-2H3. The van der Waals surface area contributed by atoms with E-state index in [9.17, 15) is 14.4 Å². The van der Waals surface area contributed by atoms with Crippen LogP contribution < -0.4 is 4.90 Å². The number of amides is 3. The number of hydrogen-bond donors (Lipinski definition) is 0. The van der Waals surface area contributed by atoms with Gasteiger partial charge < -0.3 is 24.5 Å². The van der Waals surface area contributed by atoms with Gasteiger partial charge in [-0.1, -0.05) is 54.6 Å². The van der Waals surface area contributed by atoms with Gasteiger partial charge in [-0.3, -0.25) is 14.4 Å². The normalized spacial score (nSPS) is 19.8. The summed E-state index contributed by atoms with van der Waals surface area (Å²) in [4.78, 5) is 51.1. The molecule has 3 fully saturated rings. The lowest BCUT2D eigenvalue weighted by atomic mass is 9.85. The number of carbonyl (C=O) groups is 3. The molecule has 3 heterocycles. The fraction of sp³-hybridized carbons (Fsp3) is 0.424. The Bertz CT molecular complexity index is 1420. The van der Waals surface area contributed by atoms with Gasteiger partial charge in [-0.05, 0) is 74.8 Å². The first kappa shape index (κ1) is 27.3. The van der Waals surface area contributed by atoms with Gasteiger partial charge in [0.15, 0.2) is 0 Å². The minimum atomic E-state index is -0.775. The molecule has 3 aliphatic heterocycles. The molecule has 8 nitrogen and oxygen atoms in total. The number of anilines is 1. The molecule has 0 aliphatic carbocycles. The summed E-state index contributed by atoms with van der Waals surface area (Å²) < 4.78 is 0. The van der Waals surface area contributed by atoms with Crippen LogP contribution in [0.5, 0.6) is 0 Å².